The zero-order valence-corrected chi connectivity index (χ0v) is 9.81. The predicted molar refractivity (Wildman–Crippen MR) is 62.7 cm³/mol. The van der Waals surface area contributed by atoms with Crippen molar-refractivity contribution in [2.45, 2.75) is 25.3 Å². The van der Waals surface area contributed by atoms with E-state index in [2.05, 4.69) is 16.0 Å². The molecule has 15 heavy (non-hydrogen) atoms. The average molecular weight is 216 g/mol. The fraction of sp³-hybridized carbons (Fsp3) is 0.900. The number of amides is 1. The summed E-state index contributed by atoms with van der Waals surface area (Å²) < 4.78 is 0. The van der Waals surface area contributed by atoms with E-state index in [0.29, 0.717) is 25.6 Å². The highest BCUT2D eigenvalue weighted by Crippen LogP contribution is 1.94. The number of carbonyl (C=O) groups is 1. The van der Waals surface area contributed by atoms with E-state index in [4.69, 9.17) is 5.73 Å². The Morgan fingerprint density at radius 3 is 2.67 bits per heavy atom. The van der Waals surface area contributed by atoms with Gasteiger partial charge in [0, 0.05) is 25.6 Å². The summed E-state index contributed by atoms with van der Waals surface area (Å²) in [5.41, 5.74) is 5.28. The highest BCUT2D eigenvalue weighted by atomic mass is 16.1. The second-order valence-corrected chi connectivity index (χ2v) is 3.57. The first-order chi connectivity index (χ1) is 7.24. The van der Waals surface area contributed by atoms with Gasteiger partial charge in [-0.25, -0.2) is 0 Å². The summed E-state index contributed by atoms with van der Waals surface area (Å²) in [5, 5.41) is 9.15. The molecule has 0 aliphatic heterocycles. The highest BCUT2D eigenvalue weighted by Gasteiger charge is 2.07. The van der Waals surface area contributed by atoms with Crippen LogP contribution < -0.4 is 21.7 Å². The molecule has 0 radical (unpaired) electrons. The Morgan fingerprint density at radius 1 is 1.40 bits per heavy atom. The summed E-state index contributed by atoms with van der Waals surface area (Å²) in [6.45, 7) is 2.10. The molecule has 0 aliphatic rings. The largest absolute Gasteiger partial charge is 0.354 e. The third kappa shape index (κ3) is 8.35. The van der Waals surface area contributed by atoms with Crippen molar-refractivity contribution in [2.75, 3.05) is 33.7 Å². The van der Waals surface area contributed by atoms with Crippen molar-refractivity contribution in [3.63, 3.8) is 0 Å². The Morgan fingerprint density at radius 2 is 2.13 bits per heavy atom. The topological polar surface area (TPSA) is 79.2 Å². The first kappa shape index (κ1) is 14.3. The average Bonchev–Trinajstić information content (AvgIpc) is 2.23. The molecule has 5 N–H and O–H groups in total. The molecule has 1 amide bonds. The van der Waals surface area contributed by atoms with Crippen LogP contribution in [0.2, 0.25) is 0 Å². The summed E-state index contributed by atoms with van der Waals surface area (Å²) in [6.07, 6.45) is 2.57. The number of carbonyl (C=O) groups excluding carboxylic acids is 1. The van der Waals surface area contributed by atoms with Gasteiger partial charge in [-0.05, 0) is 33.5 Å². The van der Waals surface area contributed by atoms with Gasteiger partial charge in [0.25, 0.3) is 0 Å². The first-order valence-electron chi connectivity index (χ1n) is 5.53. The lowest BCUT2D eigenvalue weighted by molar-refractivity contribution is -0.120. The molecular formula is C10H24N4O. The van der Waals surface area contributed by atoms with Crippen LogP contribution in [0.15, 0.2) is 0 Å². The van der Waals surface area contributed by atoms with Crippen LogP contribution in [0, 0.1) is 0 Å². The van der Waals surface area contributed by atoms with Crippen LogP contribution >= 0.6 is 0 Å². The van der Waals surface area contributed by atoms with Gasteiger partial charge in [-0.2, -0.15) is 0 Å². The van der Waals surface area contributed by atoms with Gasteiger partial charge in [0.05, 0.1) is 0 Å². The molecule has 0 bridgehead atoms. The Labute approximate surface area is 92.2 Å². The maximum absolute atomic E-state index is 11.2. The second-order valence-electron chi connectivity index (χ2n) is 3.57. The maximum Gasteiger partial charge on any atom is 0.221 e. The van der Waals surface area contributed by atoms with Gasteiger partial charge >= 0.3 is 0 Å². The molecule has 0 aromatic rings. The fourth-order valence-electron chi connectivity index (χ4n) is 1.33. The van der Waals surface area contributed by atoms with Gasteiger partial charge in [-0.3, -0.25) is 4.79 Å². The minimum Gasteiger partial charge on any atom is -0.354 e. The van der Waals surface area contributed by atoms with Crippen molar-refractivity contribution in [1.29, 1.82) is 0 Å². The minimum absolute atomic E-state index is 0.0337. The molecule has 0 heterocycles. The molecule has 0 saturated heterocycles. The summed E-state index contributed by atoms with van der Waals surface area (Å²) in [5.74, 6) is 0.0337. The number of likely N-dealkylation sites (N-methyl/N-ethyl adjacent to an activating group) is 1. The molecule has 90 valence electrons. The smallest absolute Gasteiger partial charge is 0.221 e. The van der Waals surface area contributed by atoms with Crippen LogP contribution in [0.5, 0.6) is 0 Å². The van der Waals surface area contributed by atoms with Gasteiger partial charge in [0.15, 0.2) is 0 Å². The fourth-order valence-corrected chi connectivity index (χ4v) is 1.33. The van der Waals surface area contributed by atoms with E-state index in [-0.39, 0.29) is 5.91 Å². The number of nitrogens with two attached hydrogens (primary N) is 1. The molecule has 5 heteroatoms. The van der Waals surface area contributed by atoms with E-state index in [1.807, 2.05) is 14.1 Å². The minimum atomic E-state index is 0.0337. The summed E-state index contributed by atoms with van der Waals surface area (Å²) >= 11 is 0. The molecule has 0 saturated carbocycles. The maximum atomic E-state index is 11.2. The highest BCUT2D eigenvalue weighted by molar-refractivity contribution is 5.76. The van der Waals surface area contributed by atoms with Crippen LogP contribution in [-0.2, 0) is 4.79 Å². The van der Waals surface area contributed by atoms with E-state index >= 15 is 0 Å². The van der Waals surface area contributed by atoms with Crippen molar-refractivity contribution in [3.05, 3.63) is 0 Å². The van der Waals surface area contributed by atoms with E-state index in [1.54, 1.807) is 0 Å². The normalized spacial score (nSPS) is 12.5. The quantitative estimate of drug-likeness (QED) is 0.374. The van der Waals surface area contributed by atoms with Crippen LogP contribution in [0.3, 0.4) is 0 Å². The molecule has 0 aromatic carbocycles. The summed E-state index contributed by atoms with van der Waals surface area (Å²) in [6, 6.07) is 0.347. The second kappa shape index (κ2) is 9.89. The first-order valence-corrected chi connectivity index (χ1v) is 5.53. The predicted octanol–water partition coefficient (Wildman–Crippen LogP) is -0.961. The van der Waals surface area contributed by atoms with E-state index in [9.17, 15) is 4.79 Å². The lowest BCUT2D eigenvalue weighted by Crippen LogP contribution is -2.40. The molecule has 0 unspecified atom stereocenters. The van der Waals surface area contributed by atoms with Crippen molar-refractivity contribution in [1.82, 2.24) is 16.0 Å². The Balaban J connectivity index is 3.55. The number of hydrogen-bond donors (Lipinski definition) is 4. The molecule has 5 nitrogen and oxygen atoms in total. The van der Waals surface area contributed by atoms with Crippen LogP contribution in [-0.4, -0.2) is 45.7 Å². The van der Waals surface area contributed by atoms with Crippen molar-refractivity contribution < 1.29 is 4.79 Å². The molecule has 0 aromatic heterocycles. The van der Waals surface area contributed by atoms with E-state index < -0.39 is 0 Å². The SMILES string of the molecule is CNCCC[C@@H](CNC(=O)CCN)NC. The third-order valence-corrected chi connectivity index (χ3v) is 2.30. The van der Waals surface area contributed by atoms with Gasteiger partial charge in [-0.15, -0.1) is 0 Å². The Kier molecular flexibility index (Phi) is 9.46. The van der Waals surface area contributed by atoms with E-state index in [0.717, 1.165) is 19.4 Å². The zero-order chi connectivity index (χ0) is 11.5. The zero-order valence-electron chi connectivity index (χ0n) is 9.81. The molecule has 0 rings (SSSR count). The van der Waals surface area contributed by atoms with Gasteiger partial charge in [-0.1, -0.05) is 0 Å². The van der Waals surface area contributed by atoms with Crippen LogP contribution in [0.4, 0.5) is 0 Å². The van der Waals surface area contributed by atoms with Crippen LogP contribution in [0.25, 0.3) is 0 Å². The Hall–Kier alpha value is -0.650. The third-order valence-electron chi connectivity index (χ3n) is 2.30. The molecule has 1 atom stereocenters. The molecule has 0 fully saturated rings. The summed E-state index contributed by atoms with van der Waals surface area (Å²) in [4.78, 5) is 11.2. The van der Waals surface area contributed by atoms with Crippen molar-refractivity contribution in [2.24, 2.45) is 5.73 Å². The van der Waals surface area contributed by atoms with Gasteiger partial charge < -0.3 is 21.7 Å². The lowest BCUT2D eigenvalue weighted by atomic mass is 10.1. The standard InChI is InChI=1S/C10H24N4O/c1-12-7-3-4-9(13-2)8-14-10(15)5-6-11/h9,12-13H,3-8,11H2,1-2H3,(H,14,15)/t9-/m0/s1. The lowest BCUT2D eigenvalue weighted by Gasteiger charge is -2.16. The number of hydrogen-bond acceptors (Lipinski definition) is 4. The molecule has 0 spiro atoms. The summed E-state index contributed by atoms with van der Waals surface area (Å²) in [7, 11) is 3.86. The monoisotopic (exact) mass is 216 g/mol. The number of rotatable bonds is 9. The van der Waals surface area contributed by atoms with Crippen molar-refractivity contribution >= 4 is 5.91 Å². The van der Waals surface area contributed by atoms with Crippen LogP contribution in [0.1, 0.15) is 19.3 Å². The van der Waals surface area contributed by atoms with Gasteiger partial charge in [0.1, 0.15) is 0 Å². The molecular weight excluding hydrogens is 192 g/mol. The van der Waals surface area contributed by atoms with Gasteiger partial charge in [0.2, 0.25) is 5.91 Å². The van der Waals surface area contributed by atoms with E-state index in [1.165, 1.54) is 0 Å². The number of nitrogens with one attached hydrogen (secondary N) is 3. The van der Waals surface area contributed by atoms with Crippen molar-refractivity contribution in [3.8, 4) is 0 Å². The Bertz CT molecular complexity index is 164. The molecule has 0 aliphatic carbocycles.